The SMILES string of the molecule is Cc1ccc(C)c(C(CN)N(C)Cc2csc(C)n2)c1. The van der Waals surface area contributed by atoms with Gasteiger partial charge in [0.25, 0.3) is 0 Å². The summed E-state index contributed by atoms with van der Waals surface area (Å²) in [5, 5.41) is 3.24. The van der Waals surface area contributed by atoms with Crippen molar-refractivity contribution in [1.82, 2.24) is 9.88 Å². The van der Waals surface area contributed by atoms with Crippen LogP contribution in [0.2, 0.25) is 0 Å². The fourth-order valence-corrected chi connectivity index (χ4v) is 3.11. The summed E-state index contributed by atoms with van der Waals surface area (Å²) in [4.78, 5) is 6.83. The minimum absolute atomic E-state index is 0.233. The summed E-state index contributed by atoms with van der Waals surface area (Å²) < 4.78 is 0. The lowest BCUT2D eigenvalue weighted by Crippen LogP contribution is -2.30. The van der Waals surface area contributed by atoms with Gasteiger partial charge < -0.3 is 5.73 Å². The molecule has 0 saturated heterocycles. The molecule has 4 heteroatoms. The number of likely N-dealkylation sites (N-methyl/N-ethyl adjacent to an activating group) is 1. The van der Waals surface area contributed by atoms with Crippen molar-refractivity contribution in [2.24, 2.45) is 5.73 Å². The second-order valence-electron chi connectivity index (χ2n) is 5.38. The van der Waals surface area contributed by atoms with Crippen molar-refractivity contribution in [2.75, 3.05) is 13.6 Å². The smallest absolute Gasteiger partial charge is 0.0897 e. The van der Waals surface area contributed by atoms with Gasteiger partial charge in [-0.3, -0.25) is 4.90 Å². The van der Waals surface area contributed by atoms with Crippen LogP contribution < -0.4 is 5.73 Å². The minimum Gasteiger partial charge on any atom is -0.329 e. The molecule has 0 bridgehead atoms. The van der Waals surface area contributed by atoms with E-state index in [0.717, 1.165) is 17.2 Å². The van der Waals surface area contributed by atoms with E-state index in [9.17, 15) is 0 Å². The molecule has 0 radical (unpaired) electrons. The molecule has 2 N–H and O–H groups in total. The highest BCUT2D eigenvalue weighted by Crippen LogP contribution is 2.24. The first-order chi connectivity index (χ1) is 9.51. The Balaban J connectivity index is 2.20. The highest BCUT2D eigenvalue weighted by molar-refractivity contribution is 7.09. The quantitative estimate of drug-likeness (QED) is 0.919. The van der Waals surface area contributed by atoms with Gasteiger partial charge in [0.15, 0.2) is 0 Å². The van der Waals surface area contributed by atoms with Crippen molar-refractivity contribution in [1.29, 1.82) is 0 Å². The van der Waals surface area contributed by atoms with Crippen molar-refractivity contribution < 1.29 is 0 Å². The first kappa shape index (κ1) is 15.2. The number of thiazole rings is 1. The molecule has 1 heterocycles. The number of rotatable bonds is 5. The average molecular weight is 289 g/mol. The van der Waals surface area contributed by atoms with Crippen molar-refractivity contribution in [3.05, 3.63) is 51.0 Å². The minimum atomic E-state index is 0.233. The van der Waals surface area contributed by atoms with Crippen LogP contribution in [-0.4, -0.2) is 23.5 Å². The number of nitrogens with two attached hydrogens (primary N) is 1. The molecule has 2 rings (SSSR count). The summed E-state index contributed by atoms with van der Waals surface area (Å²) in [5.74, 6) is 0. The molecule has 3 nitrogen and oxygen atoms in total. The Labute approximate surface area is 125 Å². The summed E-state index contributed by atoms with van der Waals surface area (Å²) in [6.45, 7) is 7.77. The molecule has 0 saturated carbocycles. The summed E-state index contributed by atoms with van der Waals surface area (Å²) >= 11 is 1.70. The van der Waals surface area contributed by atoms with Crippen LogP contribution >= 0.6 is 11.3 Å². The molecule has 1 unspecified atom stereocenters. The van der Waals surface area contributed by atoms with Gasteiger partial charge in [0.2, 0.25) is 0 Å². The molecule has 1 atom stereocenters. The van der Waals surface area contributed by atoms with Crippen LogP contribution in [0, 0.1) is 20.8 Å². The molecule has 2 aromatic rings. The fraction of sp³-hybridized carbons (Fsp3) is 0.438. The molecular weight excluding hydrogens is 266 g/mol. The van der Waals surface area contributed by atoms with Gasteiger partial charge in [-0.2, -0.15) is 0 Å². The van der Waals surface area contributed by atoms with E-state index in [1.54, 1.807) is 11.3 Å². The zero-order chi connectivity index (χ0) is 14.7. The van der Waals surface area contributed by atoms with Crippen molar-refractivity contribution in [3.63, 3.8) is 0 Å². The number of nitrogens with zero attached hydrogens (tertiary/aromatic N) is 2. The van der Waals surface area contributed by atoms with Gasteiger partial charge in [-0.05, 0) is 38.9 Å². The Bertz CT molecular complexity index is 577. The summed E-state index contributed by atoms with van der Waals surface area (Å²) in [6.07, 6.45) is 0. The van der Waals surface area contributed by atoms with E-state index < -0.39 is 0 Å². The first-order valence-electron chi connectivity index (χ1n) is 6.89. The molecule has 0 amide bonds. The van der Waals surface area contributed by atoms with Crippen molar-refractivity contribution in [2.45, 2.75) is 33.4 Å². The lowest BCUT2D eigenvalue weighted by atomic mass is 9.98. The van der Waals surface area contributed by atoms with E-state index in [-0.39, 0.29) is 6.04 Å². The van der Waals surface area contributed by atoms with Crippen molar-refractivity contribution >= 4 is 11.3 Å². The number of hydrogen-bond acceptors (Lipinski definition) is 4. The van der Waals surface area contributed by atoms with Crippen LogP contribution in [0.4, 0.5) is 0 Å². The summed E-state index contributed by atoms with van der Waals surface area (Å²) in [6, 6.07) is 6.80. The normalized spacial score (nSPS) is 12.9. The lowest BCUT2D eigenvalue weighted by molar-refractivity contribution is 0.238. The zero-order valence-corrected chi connectivity index (χ0v) is 13.5. The molecule has 1 aromatic carbocycles. The van der Waals surface area contributed by atoms with E-state index in [1.165, 1.54) is 16.7 Å². The highest BCUT2D eigenvalue weighted by Gasteiger charge is 2.18. The number of benzene rings is 1. The Hall–Kier alpha value is -1.23. The molecular formula is C16H23N3S. The van der Waals surface area contributed by atoms with Crippen molar-refractivity contribution in [3.8, 4) is 0 Å². The summed E-state index contributed by atoms with van der Waals surface area (Å²) in [7, 11) is 2.12. The van der Waals surface area contributed by atoms with Gasteiger partial charge in [0.05, 0.1) is 10.7 Å². The topological polar surface area (TPSA) is 42.1 Å². The molecule has 0 spiro atoms. The molecule has 108 valence electrons. The predicted octanol–water partition coefficient (Wildman–Crippen LogP) is 3.20. The third kappa shape index (κ3) is 3.45. The van der Waals surface area contributed by atoms with Crippen LogP contribution in [0.3, 0.4) is 0 Å². The van der Waals surface area contributed by atoms with E-state index in [4.69, 9.17) is 5.73 Å². The standard InChI is InChI=1S/C16H23N3S/c1-11-5-6-12(2)15(7-11)16(8-17)19(4)9-14-10-20-13(3)18-14/h5-7,10,16H,8-9,17H2,1-4H3. The molecule has 0 aliphatic carbocycles. The second kappa shape index (κ2) is 6.48. The van der Waals surface area contributed by atoms with Crippen LogP contribution in [0.25, 0.3) is 0 Å². The fourth-order valence-electron chi connectivity index (χ4n) is 2.51. The van der Waals surface area contributed by atoms with E-state index >= 15 is 0 Å². The molecule has 0 aliphatic rings. The third-order valence-electron chi connectivity index (χ3n) is 3.63. The van der Waals surface area contributed by atoms with E-state index in [0.29, 0.717) is 6.54 Å². The Morgan fingerprint density at radius 1 is 1.30 bits per heavy atom. The van der Waals surface area contributed by atoms with E-state index in [1.807, 2.05) is 6.92 Å². The predicted molar refractivity (Wildman–Crippen MR) is 86.0 cm³/mol. The van der Waals surface area contributed by atoms with Crippen LogP contribution in [0.1, 0.15) is 33.4 Å². The number of hydrogen-bond donors (Lipinski definition) is 1. The average Bonchev–Trinajstić information content (AvgIpc) is 2.80. The largest absolute Gasteiger partial charge is 0.329 e. The van der Waals surface area contributed by atoms with Gasteiger partial charge in [0, 0.05) is 24.5 Å². The molecule has 20 heavy (non-hydrogen) atoms. The number of aromatic nitrogens is 1. The molecule has 0 fully saturated rings. The van der Waals surface area contributed by atoms with E-state index in [2.05, 4.69) is 54.4 Å². The molecule has 0 aliphatic heterocycles. The third-order valence-corrected chi connectivity index (χ3v) is 4.45. The molecule has 1 aromatic heterocycles. The Morgan fingerprint density at radius 3 is 2.65 bits per heavy atom. The monoisotopic (exact) mass is 289 g/mol. The van der Waals surface area contributed by atoms with Crippen LogP contribution in [-0.2, 0) is 6.54 Å². The van der Waals surface area contributed by atoms with Gasteiger partial charge >= 0.3 is 0 Å². The van der Waals surface area contributed by atoms with Gasteiger partial charge in [-0.15, -0.1) is 11.3 Å². The number of aryl methyl sites for hydroxylation is 3. The van der Waals surface area contributed by atoms with Gasteiger partial charge in [-0.25, -0.2) is 4.98 Å². The van der Waals surface area contributed by atoms with Crippen LogP contribution in [0.15, 0.2) is 23.6 Å². The maximum atomic E-state index is 6.02. The Kier molecular flexibility index (Phi) is 4.91. The zero-order valence-electron chi connectivity index (χ0n) is 12.7. The highest BCUT2D eigenvalue weighted by atomic mass is 32.1. The maximum absolute atomic E-state index is 6.02. The second-order valence-corrected chi connectivity index (χ2v) is 6.45. The summed E-state index contributed by atoms with van der Waals surface area (Å²) in [5.41, 5.74) is 11.0. The van der Waals surface area contributed by atoms with Gasteiger partial charge in [0.1, 0.15) is 0 Å². The lowest BCUT2D eigenvalue weighted by Gasteiger charge is -2.28. The van der Waals surface area contributed by atoms with Crippen LogP contribution in [0.5, 0.6) is 0 Å². The maximum Gasteiger partial charge on any atom is 0.0897 e. The van der Waals surface area contributed by atoms with Gasteiger partial charge in [-0.1, -0.05) is 23.8 Å². The first-order valence-corrected chi connectivity index (χ1v) is 7.77. The Morgan fingerprint density at radius 2 is 2.05 bits per heavy atom.